The zero-order valence-corrected chi connectivity index (χ0v) is 36.7. The second-order valence-corrected chi connectivity index (χ2v) is 17.0. The van der Waals surface area contributed by atoms with Gasteiger partial charge in [0.1, 0.15) is 6.61 Å². The van der Waals surface area contributed by atoms with Crippen molar-refractivity contribution in [1.82, 2.24) is 0 Å². The second-order valence-electron chi connectivity index (χ2n) is 15.7. The summed E-state index contributed by atoms with van der Waals surface area (Å²) in [4.78, 5) is 42.9. The van der Waals surface area contributed by atoms with E-state index in [0.717, 1.165) is 64.2 Å². The van der Waals surface area contributed by atoms with Gasteiger partial charge in [-0.3, -0.25) is 14.1 Å². The van der Waals surface area contributed by atoms with Crippen molar-refractivity contribution >= 4 is 19.8 Å². The molecule has 0 aliphatic heterocycles. The number of hydrogen-bond donors (Lipinski definition) is 2. The summed E-state index contributed by atoms with van der Waals surface area (Å²) in [5.41, 5.74) is 0. The van der Waals surface area contributed by atoms with Crippen molar-refractivity contribution in [3.8, 4) is 0 Å². The minimum Gasteiger partial charge on any atom is -0.462 e. The molecule has 0 aromatic rings. The summed E-state index contributed by atoms with van der Waals surface area (Å²) in [6.07, 6.45) is 49.1. The normalized spacial score (nSPS) is 12.6. The van der Waals surface area contributed by atoms with Gasteiger partial charge in [-0.25, -0.2) is 4.57 Å². The van der Waals surface area contributed by atoms with Crippen LogP contribution in [0.15, 0.2) is 24.3 Å². The summed E-state index contributed by atoms with van der Waals surface area (Å²) in [5, 5.41) is 0. The zero-order valence-electron chi connectivity index (χ0n) is 35.8. The van der Waals surface area contributed by atoms with Crippen molar-refractivity contribution in [2.75, 3.05) is 13.2 Å². The van der Waals surface area contributed by atoms with Crippen LogP contribution in [0.1, 0.15) is 239 Å². The van der Waals surface area contributed by atoms with Crippen LogP contribution in [-0.2, 0) is 28.2 Å². The van der Waals surface area contributed by atoms with Crippen molar-refractivity contribution in [3.63, 3.8) is 0 Å². The standard InChI is InChI=1S/C46H87O8P/c1-3-5-7-9-11-13-15-17-19-20-21-22-23-24-25-26-27-29-31-33-35-37-39-41-46(48)54-44(43-53-55(49,50)51)42-52-45(47)40-38-36-34-32-30-28-18-16-14-12-10-8-6-4-2/h10,12,16,18,44H,3-9,11,13-15,17,19-43H2,1-2H3,(H2,49,50,51)/b12-10+,18-16+/t44-/m1/s1. The molecule has 0 aromatic carbocycles. The molecule has 9 heteroatoms. The molecule has 1 atom stereocenters. The summed E-state index contributed by atoms with van der Waals surface area (Å²) >= 11 is 0. The number of phosphoric acid groups is 1. The fourth-order valence-corrected chi connectivity index (χ4v) is 7.11. The average molecular weight is 799 g/mol. The van der Waals surface area contributed by atoms with Crippen LogP contribution in [0.2, 0.25) is 0 Å². The van der Waals surface area contributed by atoms with Gasteiger partial charge in [-0.2, -0.15) is 0 Å². The quantitative estimate of drug-likeness (QED) is 0.0271. The summed E-state index contributed by atoms with van der Waals surface area (Å²) in [6, 6.07) is 0. The third-order valence-electron chi connectivity index (χ3n) is 10.2. The predicted octanol–water partition coefficient (Wildman–Crippen LogP) is 14.4. The van der Waals surface area contributed by atoms with E-state index >= 15 is 0 Å². The lowest BCUT2D eigenvalue weighted by molar-refractivity contribution is -0.161. The molecule has 55 heavy (non-hydrogen) atoms. The van der Waals surface area contributed by atoms with Gasteiger partial charge in [-0.1, -0.05) is 212 Å². The molecule has 0 saturated heterocycles. The Morgan fingerprint density at radius 3 is 1.25 bits per heavy atom. The molecule has 0 spiro atoms. The Hall–Kier alpha value is -1.47. The SMILES string of the molecule is CCCC/C=C/C/C=C/CCCCCCCC(=O)OC[C@H](COP(=O)(O)O)OC(=O)CCCCCCCCCCCCCCCCCCCCCCCCC. The molecule has 0 bridgehead atoms. The van der Waals surface area contributed by atoms with Crippen molar-refractivity contribution in [2.45, 2.75) is 245 Å². The summed E-state index contributed by atoms with van der Waals surface area (Å²) in [7, 11) is -4.76. The average Bonchev–Trinajstić information content (AvgIpc) is 3.16. The first-order chi connectivity index (χ1) is 26.8. The second kappa shape index (κ2) is 42.1. The van der Waals surface area contributed by atoms with Gasteiger partial charge in [0, 0.05) is 12.8 Å². The lowest BCUT2D eigenvalue weighted by Gasteiger charge is -2.18. The lowest BCUT2D eigenvalue weighted by atomic mass is 10.0. The van der Waals surface area contributed by atoms with Crippen LogP contribution >= 0.6 is 7.82 Å². The zero-order chi connectivity index (χ0) is 40.3. The number of esters is 2. The van der Waals surface area contributed by atoms with E-state index in [2.05, 4.69) is 42.7 Å². The summed E-state index contributed by atoms with van der Waals surface area (Å²) in [5.74, 6) is -0.890. The molecule has 0 unspecified atom stereocenters. The Bertz CT molecular complexity index is 946. The van der Waals surface area contributed by atoms with E-state index < -0.39 is 32.5 Å². The van der Waals surface area contributed by atoms with Crippen LogP contribution in [0.3, 0.4) is 0 Å². The van der Waals surface area contributed by atoms with Crippen LogP contribution in [0, 0.1) is 0 Å². The number of unbranched alkanes of at least 4 members (excludes halogenated alkanes) is 29. The van der Waals surface area contributed by atoms with Crippen molar-refractivity contribution in [1.29, 1.82) is 0 Å². The maximum atomic E-state index is 12.4. The molecule has 0 fully saturated rings. The highest BCUT2D eigenvalue weighted by Gasteiger charge is 2.23. The highest BCUT2D eigenvalue weighted by molar-refractivity contribution is 7.46. The monoisotopic (exact) mass is 799 g/mol. The smallest absolute Gasteiger partial charge is 0.462 e. The van der Waals surface area contributed by atoms with Crippen molar-refractivity contribution < 1.29 is 37.9 Å². The largest absolute Gasteiger partial charge is 0.469 e. The van der Waals surface area contributed by atoms with Gasteiger partial charge < -0.3 is 19.3 Å². The van der Waals surface area contributed by atoms with Gasteiger partial charge >= 0.3 is 19.8 Å². The predicted molar refractivity (Wildman–Crippen MR) is 230 cm³/mol. The molecule has 0 saturated carbocycles. The first-order valence-electron chi connectivity index (χ1n) is 23.1. The maximum absolute atomic E-state index is 12.4. The molecular weight excluding hydrogens is 711 g/mol. The molecule has 0 aliphatic rings. The third kappa shape index (κ3) is 45.1. The molecule has 0 radical (unpaired) electrons. The van der Waals surface area contributed by atoms with E-state index in [1.807, 2.05) is 0 Å². The Morgan fingerprint density at radius 2 is 0.836 bits per heavy atom. The van der Waals surface area contributed by atoms with Gasteiger partial charge in [0.25, 0.3) is 0 Å². The molecule has 0 heterocycles. The molecule has 0 aliphatic carbocycles. The van der Waals surface area contributed by atoms with Crippen molar-refractivity contribution in [3.05, 3.63) is 24.3 Å². The Balaban J connectivity index is 3.81. The molecule has 0 rings (SSSR count). The highest BCUT2D eigenvalue weighted by Crippen LogP contribution is 2.36. The van der Waals surface area contributed by atoms with E-state index in [-0.39, 0.29) is 19.4 Å². The molecule has 0 aromatic heterocycles. The van der Waals surface area contributed by atoms with Crippen LogP contribution in [0.4, 0.5) is 0 Å². The number of phosphoric ester groups is 1. The van der Waals surface area contributed by atoms with E-state index in [1.54, 1.807) is 0 Å². The molecule has 8 nitrogen and oxygen atoms in total. The van der Waals surface area contributed by atoms with Crippen LogP contribution in [0.25, 0.3) is 0 Å². The number of carbonyl (C=O) groups excluding carboxylic acids is 2. The number of allylic oxidation sites excluding steroid dienone is 4. The van der Waals surface area contributed by atoms with Gasteiger partial charge in [0.15, 0.2) is 6.10 Å². The lowest BCUT2D eigenvalue weighted by Crippen LogP contribution is -2.29. The summed E-state index contributed by atoms with van der Waals surface area (Å²) in [6.45, 7) is 3.66. The van der Waals surface area contributed by atoms with Crippen LogP contribution in [-0.4, -0.2) is 41.0 Å². The Morgan fingerprint density at radius 1 is 0.473 bits per heavy atom. The number of rotatable bonds is 43. The first-order valence-corrected chi connectivity index (χ1v) is 24.7. The van der Waals surface area contributed by atoms with Crippen molar-refractivity contribution in [2.24, 2.45) is 0 Å². The fourth-order valence-electron chi connectivity index (χ4n) is 6.74. The minimum atomic E-state index is -4.76. The Labute approximate surface area is 339 Å². The van der Waals surface area contributed by atoms with E-state index in [9.17, 15) is 14.2 Å². The molecular formula is C46H87O8P. The Kier molecular flexibility index (Phi) is 41.0. The van der Waals surface area contributed by atoms with Crippen LogP contribution < -0.4 is 0 Å². The van der Waals surface area contributed by atoms with Gasteiger partial charge in [-0.05, 0) is 38.5 Å². The topological polar surface area (TPSA) is 119 Å². The summed E-state index contributed by atoms with van der Waals surface area (Å²) < 4.78 is 26.4. The minimum absolute atomic E-state index is 0.214. The number of ether oxygens (including phenoxy) is 2. The molecule has 2 N–H and O–H groups in total. The van der Waals surface area contributed by atoms with E-state index in [1.165, 1.54) is 135 Å². The molecule has 324 valence electrons. The third-order valence-corrected chi connectivity index (χ3v) is 10.7. The van der Waals surface area contributed by atoms with Crippen LogP contribution in [0.5, 0.6) is 0 Å². The highest BCUT2D eigenvalue weighted by atomic mass is 31.2. The molecule has 0 amide bonds. The van der Waals surface area contributed by atoms with Gasteiger partial charge in [-0.15, -0.1) is 0 Å². The fraction of sp³-hybridized carbons (Fsp3) is 0.870. The van der Waals surface area contributed by atoms with Gasteiger partial charge in [0.05, 0.1) is 6.61 Å². The van der Waals surface area contributed by atoms with Gasteiger partial charge in [0.2, 0.25) is 0 Å². The number of hydrogen-bond acceptors (Lipinski definition) is 6. The first kappa shape index (κ1) is 53.5. The van der Waals surface area contributed by atoms with E-state index in [4.69, 9.17) is 19.3 Å². The number of carbonyl (C=O) groups is 2. The maximum Gasteiger partial charge on any atom is 0.469 e. The van der Waals surface area contributed by atoms with E-state index in [0.29, 0.717) is 12.8 Å².